The Hall–Kier alpha value is -2.29. The molecule has 0 aromatic heterocycles. The van der Waals surface area contributed by atoms with Crippen molar-refractivity contribution < 1.29 is 4.92 Å². The molecule has 0 unspecified atom stereocenters. The summed E-state index contributed by atoms with van der Waals surface area (Å²) >= 11 is 0. The summed E-state index contributed by atoms with van der Waals surface area (Å²) in [5.74, 6) is 0. The Morgan fingerprint density at radius 1 is 1.19 bits per heavy atom. The fraction of sp³-hybridized carbons (Fsp3) is 0. The summed E-state index contributed by atoms with van der Waals surface area (Å²) < 4.78 is 0. The van der Waals surface area contributed by atoms with E-state index in [2.05, 4.69) is 0 Å². The van der Waals surface area contributed by atoms with Crippen molar-refractivity contribution in [1.82, 2.24) is 0 Å². The third-order valence-electron chi connectivity index (χ3n) is 2.81. The minimum atomic E-state index is -0.364. The summed E-state index contributed by atoms with van der Waals surface area (Å²) in [6, 6.07) is 15.0. The smallest absolute Gasteiger partial charge is 0.258 e. The van der Waals surface area contributed by atoms with Crippen LogP contribution in [-0.4, -0.2) is 4.92 Å². The van der Waals surface area contributed by atoms with Gasteiger partial charge in [0.05, 0.1) is 4.92 Å². The molecule has 3 rings (SSSR count). The monoisotopic (exact) mass is 210 g/mol. The van der Waals surface area contributed by atoms with Crippen molar-refractivity contribution in [2.24, 2.45) is 0 Å². The second kappa shape index (κ2) is 3.10. The number of nitro benzene ring substituents is 1. The molecule has 0 spiro atoms. The van der Waals surface area contributed by atoms with Gasteiger partial charge >= 0.3 is 0 Å². The molecule has 0 radical (unpaired) electrons. The van der Waals surface area contributed by atoms with Crippen molar-refractivity contribution in [2.45, 2.75) is 0 Å². The molecule has 0 aliphatic carbocycles. The molecule has 78 valence electrons. The van der Waals surface area contributed by atoms with Gasteiger partial charge in [-0.1, -0.05) is 11.5 Å². The summed E-state index contributed by atoms with van der Waals surface area (Å²) in [5, 5.41) is 14.9. The number of non-ortho nitro benzene ring substituents is 1. The van der Waals surface area contributed by atoms with Crippen LogP contribution in [0.25, 0.3) is 21.5 Å². The first-order valence-corrected chi connectivity index (χ1v) is 4.98. The molecule has 0 aliphatic heterocycles. The largest absolute Gasteiger partial charge is 0.261 e. The van der Waals surface area contributed by atoms with E-state index in [9.17, 15) is 10.1 Å². The van der Waals surface area contributed by atoms with E-state index in [4.69, 9.17) is 0 Å². The molecule has 0 N–H and O–H groups in total. The molecule has 0 amide bonds. The number of rotatable bonds is 1. The Kier molecular flexibility index (Phi) is 1.74. The van der Waals surface area contributed by atoms with E-state index in [1.54, 1.807) is 12.1 Å². The van der Waals surface area contributed by atoms with Crippen LogP contribution in [0.4, 0.5) is 5.69 Å². The van der Waals surface area contributed by atoms with E-state index in [-0.39, 0.29) is 10.6 Å². The Morgan fingerprint density at radius 2 is 2.06 bits per heavy atom. The fourth-order valence-electron chi connectivity index (χ4n) is 2.06. The quantitative estimate of drug-likeness (QED) is 0.349. The Labute approximate surface area is 91.4 Å². The summed E-state index contributed by atoms with van der Waals surface area (Å²) in [4.78, 5) is 10.3. The van der Waals surface area contributed by atoms with Gasteiger partial charge in [0.1, 0.15) is 0 Å². The molecule has 0 saturated carbocycles. The summed E-state index contributed by atoms with van der Waals surface area (Å²) in [6.07, 6.45) is 0. The van der Waals surface area contributed by atoms with E-state index in [0.29, 0.717) is 0 Å². The molecular weight excluding hydrogens is 202 g/mol. The molecular formula is C13H8NO2-. The number of hydrogen-bond acceptors (Lipinski definition) is 2. The average Bonchev–Trinajstić information content (AvgIpc) is 2.66. The van der Waals surface area contributed by atoms with Crippen LogP contribution in [-0.2, 0) is 0 Å². The average molecular weight is 210 g/mol. The molecule has 0 bridgehead atoms. The maximum atomic E-state index is 10.7. The fourth-order valence-corrected chi connectivity index (χ4v) is 2.06. The van der Waals surface area contributed by atoms with Crippen LogP contribution in [0.2, 0.25) is 0 Å². The number of nitrogens with zero attached hydrogens (tertiary/aromatic N) is 1. The van der Waals surface area contributed by atoms with E-state index in [1.165, 1.54) is 0 Å². The van der Waals surface area contributed by atoms with Crippen LogP contribution in [0.3, 0.4) is 0 Å². The lowest BCUT2D eigenvalue weighted by molar-refractivity contribution is -0.384. The maximum Gasteiger partial charge on any atom is 0.261 e. The molecule has 3 aromatic carbocycles. The minimum Gasteiger partial charge on any atom is -0.258 e. The van der Waals surface area contributed by atoms with Crippen LogP contribution >= 0.6 is 0 Å². The lowest BCUT2D eigenvalue weighted by atomic mass is 10.1. The molecule has 3 aromatic rings. The maximum absolute atomic E-state index is 10.7. The SMILES string of the molecule is O=[N+]([O-])c1ccc2c(c1)c[c-]1ccccc21. The van der Waals surface area contributed by atoms with E-state index in [1.807, 2.05) is 36.4 Å². The highest BCUT2D eigenvalue weighted by atomic mass is 16.6. The van der Waals surface area contributed by atoms with Crippen LogP contribution in [0.1, 0.15) is 0 Å². The molecule has 3 heteroatoms. The van der Waals surface area contributed by atoms with E-state index < -0.39 is 0 Å². The Morgan fingerprint density at radius 3 is 2.88 bits per heavy atom. The number of fused-ring (bicyclic) bond motifs is 3. The standard InChI is InChI=1S/C13H8NO2/c15-14(16)11-5-6-13-10(8-11)7-9-3-1-2-4-12(9)13/h1-8H/q-1. The zero-order valence-corrected chi connectivity index (χ0v) is 8.38. The third-order valence-corrected chi connectivity index (χ3v) is 2.81. The summed E-state index contributed by atoms with van der Waals surface area (Å²) in [5.41, 5.74) is 0.141. The van der Waals surface area contributed by atoms with Crippen molar-refractivity contribution in [1.29, 1.82) is 0 Å². The first-order valence-electron chi connectivity index (χ1n) is 4.98. The normalized spacial score (nSPS) is 11.0. The highest BCUT2D eigenvalue weighted by Crippen LogP contribution is 2.30. The van der Waals surface area contributed by atoms with Gasteiger partial charge in [0.15, 0.2) is 0 Å². The predicted molar refractivity (Wildman–Crippen MR) is 63.7 cm³/mol. The van der Waals surface area contributed by atoms with Gasteiger partial charge in [0, 0.05) is 6.07 Å². The lowest BCUT2D eigenvalue weighted by Gasteiger charge is -1.98. The predicted octanol–water partition coefficient (Wildman–Crippen LogP) is 3.62. The Balaban J connectivity index is 2.41. The van der Waals surface area contributed by atoms with Crippen LogP contribution < -0.4 is 0 Å². The van der Waals surface area contributed by atoms with Crippen molar-refractivity contribution in [3.63, 3.8) is 0 Å². The second-order valence-corrected chi connectivity index (χ2v) is 3.76. The van der Waals surface area contributed by atoms with Crippen LogP contribution in [0.15, 0.2) is 48.5 Å². The Bertz CT molecular complexity index is 697. The first kappa shape index (κ1) is 8.97. The van der Waals surface area contributed by atoms with E-state index in [0.717, 1.165) is 21.5 Å². The number of hydrogen-bond donors (Lipinski definition) is 0. The van der Waals surface area contributed by atoms with E-state index >= 15 is 0 Å². The van der Waals surface area contributed by atoms with Gasteiger partial charge < -0.3 is 0 Å². The van der Waals surface area contributed by atoms with Crippen molar-refractivity contribution >= 4 is 27.2 Å². The minimum absolute atomic E-state index is 0.141. The van der Waals surface area contributed by atoms with Gasteiger partial charge in [-0.3, -0.25) is 10.1 Å². The zero-order valence-electron chi connectivity index (χ0n) is 8.38. The van der Waals surface area contributed by atoms with Gasteiger partial charge in [-0.2, -0.15) is 0 Å². The molecule has 0 fully saturated rings. The molecule has 0 atom stereocenters. The van der Waals surface area contributed by atoms with Gasteiger partial charge in [-0.25, -0.2) is 0 Å². The van der Waals surface area contributed by atoms with Crippen molar-refractivity contribution in [3.05, 3.63) is 58.6 Å². The third kappa shape index (κ3) is 1.18. The topological polar surface area (TPSA) is 43.1 Å². The van der Waals surface area contributed by atoms with Gasteiger partial charge in [-0.05, 0) is 6.07 Å². The molecule has 16 heavy (non-hydrogen) atoms. The van der Waals surface area contributed by atoms with Gasteiger partial charge in [0.25, 0.3) is 5.69 Å². The molecule has 0 aliphatic rings. The van der Waals surface area contributed by atoms with Crippen LogP contribution in [0, 0.1) is 10.1 Å². The molecule has 0 heterocycles. The highest BCUT2D eigenvalue weighted by Gasteiger charge is 2.04. The molecule has 0 saturated heterocycles. The summed E-state index contributed by atoms with van der Waals surface area (Å²) in [7, 11) is 0. The lowest BCUT2D eigenvalue weighted by Crippen LogP contribution is -1.85. The van der Waals surface area contributed by atoms with Gasteiger partial charge in [-0.15, -0.1) is 46.5 Å². The van der Waals surface area contributed by atoms with Gasteiger partial charge in [0.2, 0.25) is 0 Å². The van der Waals surface area contributed by atoms with Crippen LogP contribution in [0.5, 0.6) is 0 Å². The summed E-state index contributed by atoms with van der Waals surface area (Å²) in [6.45, 7) is 0. The second-order valence-electron chi connectivity index (χ2n) is 3.76. The van der Waals surface area contributed by atoms with Crippen molar-refractivity contribution in [3.8, 4) is 0 Å². The first-order chi connectivity index (χ1) is 7.75. The van der Waals surface area contributed by atoms with Crippen molar-refractivity contribution in [2.75, 3.05) is 0 Å². The number of nitro groups is 1. The molecule has 3 nitrogen and oxygen atoms in total. The number of benzene rings is 2. The zero-order chi connectivity index (χ0) is 11.1. The highest BCUT2D eigenvalue weighted by molar-refractivity contribution is 6.12.